The van der Waals surface area contributed by atoms with Crippen molar-refractivity contribution in [3.05, 3.63) is 42.2 Å². The Bertz CT molecular complexity index is 962. The van der Waals surface area contributed by atoms with Crippen LogP contribution >= 0.6 is 0 Å². The number of amides is 1. The van der Waals surface area contributed by atoms with Crippen molar-refractivity contribution in [2.75, 3.05) is 13.1 Å². The summed E-state index contributed by atoms with van der Waals surface area (Å²) in [5.74, 6) is 1.41. The molecule has 134 valence electrons. The zero-order valence-electron chi connectivity index (χ0n) is 14.3. The number of morpholine rings is 1. The summed E-state index contributed by atoms with van der Waals surface area (Å²) >= 11 is 0. The summed E-state index contributed by atoms with van der Waals surface area (Å²) in [5.41, 5.74) is 0.872. The van der Waals surface area contributed by atoms with Gasteiger partial charge in [-0.25, -0.2) is 9.97 Å². The van der Waals surface area contributed by atoms with Gasteiger partial charge in [-0.05, 0) is 19.8 Å². The van der Waals surface area contributed by atoms with E-state index < -0.39 is 6.10 Å². The molecule has 2 fully saturated rings. The molecule has 3 aromatic rings. The number of nitrogens with zero attached hydrogens (tertiary/aromatic N) is 6. The lowest BCUT2D eigenvalue weighted by Gasteiger charge is -2.35. The number of rotatable bonds is 3. The van der Waals surface area contributed by atoms with Crippen LogP contribution in [0, 0.1) is 0 Å². The molecule has 0 unspecified atom stereocenters. The number of hydrogen-bond acceptors (Lipinski definition) is 7. The fraction of sp³-hybridized carbons (Fsp3) is 0.471. The van der Waals surface area contributed by atoms with Crippen LogP contribution in [0.3, 0.4) is 0 Å². The van der Waals surface area contributed by atoms with Crippen LogP contribution in [0.4, 0.5) is 0 Å². The van der Waals surface area contributed by atoms with Crippen molar-refractivity contribution < 1.29 is 14.1 Å². The van der Waals surface area contributed by atoms with E-state index in [1.165, 1.54) is 0 Å². The van der Waals surface area contributed by atoms with Gasteiger partial charge in [-0.2, -0.15) is 4.98 Å². The largest absolute Gasteiger partial charge is 0.362 e. The summed E-state index contributed by atoms with van der Waals surface area (Å²) in [6, 6.07) is 0. The topological polar surface area (TPSA) is 98.7 Å². The quantitative estimate of drug-likeness (QED) is 0.704. The molecule has 0 spiro atoms. The maximum atomic E-state index is 13.0. The second-order valence-electron chi connectivity index (χ2n) is 6.84. The molecule has 2 aliphatic rings. The van der Waals surface area contributed by atoms with E-state index in [1.807, 2.05) is 6.92 Å². The highest BCUT2D eigenvalue weighted by atomic mass is 16.5. The summed E-state index contributed by atoms with van der Waals surface area (Å²) < 4.78 is 13.1. The van der Waals surface area contributed by atoms with E-state index in [1.54, 1.807) is 34.1 Å². The number of imidazole rings is 1. The Morgan fingerprint density at radius 2 is 2.00 bits per heavy atom. The van der Waals surface area contributed by atoms with Crippen LogP contribution < -0.4 is 0 Å². The van der Waals surface area contributed by atoms with Crippen molar-refractivity contribution >= 4 is 11.6 Å². The first-order valence-corrected chi connectivity index (χ1v) is 8.75. The van der Waals surface area contributed by atoms with Crippen molar-refractivity contribution in [2.45, 2.75) is 37.9 Å². The van der Waals surface area contributed by atoms with Gasteiger partial charge in [0.15, 0.2) is 23.3 Å². The molecule has 1 saturated heterocycles. The van der Waals surface area contributed by atoms with Gasteiger partial charge in [0, 0.05) is 37.3 Å². The van der Waals surface area contributed by atoms with Crippen LogP contribution in [-0.2, 0) is 4.74 Å². The predicted octanol–water partition coefficient (Wildman–Crippen LogP) is 1.59. The Morgan fingerprint density at radius 1 is 1.19 bits per heavy atom. The van der Waals surface area contributed by atoms with Gasteiger partial charge >= 0.3 is 0 Å². The van der Waals surface area contributed by atoms with Gasteiger partial charge in [0.05, 0.1) is 12.6 Å². The molecule has 5 rings (SSSR count). The smallest absolute Gasteiger partial charge is 0.276 e. The Hall–Kier alpha value is -2.81. The van der Waals surface area contributed by atoms with E-state index in [-0.39, 0.29) is 12.0 Å². The highest BCUT2D eigenvalue weighted by molar-refractivity contribution is 5.97. The second-order valence-corrected chi connectivity index (χ2v) is 6.84. The summed E-state index contributed by atoms with van der Waals surface area (Å²) in [6.07, 6.45) is 8.44. The molecule has 4 heterocycles. The first-order valence-electron chi connectivity index (χ1n) is 8.75. The summed E-state index contributed by atoms with van der Waals surface area (Å²) in [4.78, 5) is 27.7. The molecule has 0 radical (unpaired) electrons. The molecule has 0 aromatic carbocycles. The lowest BCUT2D eigenvalue weighted by Crippen LogP contribution is -2.46. The Morgan fingerprint density at radius 3 is 2.81 bits per heavy atom. The van der Waals surface area contributed by atoms with Crippen molar-refractivity contribution in [1.29, 1.82) is 0 Å². The monoisotopic (exact) mass is 354 g/mol. The van der Waals surface area contributed by atoms with Crippen LogP contribution in [0.15, 0.2) is 29.3 Å². The van der Waals surface area contributed by atoms with Gasteiger partial charge in [-0.3, -0.25) is 4.79 Å². The maximum Gasteiger partial charge on any atom is 0.276 e. The van der Waals surface area contributed by atoms with E-state index in [0.29, 0.717) is 36.2 Å². The lowest BCUT2D eigenvalue weighted by molar-refractivity contribution is -0.0811. The minimum atomic E-state index is -0.429. The third-order valence-electron chi connectivity index (χ3n) is 4.74. The summed E-state index contributed by atoms with van der Waals surface area (Å²) in [6.45, 7) is 2.75. The summed E-state index contributed by atoms with van der Waals surface area (Å²) in [5, 5.41) is 4.05. The van der Waals surface area contributed by atoms with Gasteiger partial charge in [-0.15, -0.1) is 0 Å². The number of ether oxygens (including phenoxy) is 1. The number of carbonyl (C=O) groups excluding carboxylic acids is 1. The average molecular weight is 354 g/mol. The fourth-order valence-corrected chi connectivity index (χ4v) is 3.29. The van der Waals surface area contributed by atoms with Gasteiger partial charge in [0.25, 0.3) is 11.8 Å². The fourth-order valence-electron chi connectivity index (χ4n) is 3.29. The van der Waals surface area contributed by atoms with Crippen molar-refractivity contribution in [3.8, 4) is 0 Å². The molecule has 1 aliphatic heterocycles. The first-order chi connectivity index (χ1) is 12.7. The Balaban J connectivity index is 1.41. The van der Waals surface area contributed by atoms with Gasteiger partial charge in [-0.1, -0.05) is 5.16 Å². The predicted molar refractivity (Wildman–Crippen MR) is 88.5 cm³/mol. The summed E-state index contributed by atoms with van der Waals surface area (Å²) in [7, 11) is 0. The SMILES string of the molecule is C[C@@H]1CN(C(=O)c2nccn3ccnc23)C[C@H](c2nc(C3CC3)no2)O1. The number of fused-ring (bicyclic) bond motifs is 1. The van der Waals surface area contributed by atoms with Gasteiger partial charge < -0.3 is 18.6 Å². The number of aromatic nitrogens is 5. The molecular formula is C17H18N6O3. The molecule has 1 aliphatic carbocycles. The van der Waals surface area contributed by atoms with Crippen molar-refractivity contribution in [1.82, 2.24) is 29.4 Å². The van der Waals surface area contributed by atoms with E-state index in [4.69, 9.17) is 9.26 Å². The minimum Gasteiger partial charge on any atom is -0.362 e. The molecular weight excluding hydrogens is 336 g/mol. The van der Waals surface area contributed by atoms with Crippen LogP contribution in [0.2, 0.25) is 0 Å². The van der Waals surface area contributed by atoms with E-state index in [9.17, 15) is 4.79 Å². The third-order valence-corrected chi connectivity index (χ3v) is 4.74. The van der Waals surface area contributed by atoms with Crippen LogP contribution in [0.25, 0.3) is 5.65 Å². The normalized spacial score (nSPS) is 23.5. The zero-order valence-corrected chi connectivity index (χ0v) is 14.3. The van der Waals surface area contributed by atoms with Crippen LogP contribution in [0.5, 0.6) is 0 Å². The molecule has 9 nitrogen and oxygen atoms in total. The van der Waals surface area contributed by atoms with Crippen LogP contribution in [0.1, 0.15) is 54.0 Å². The maximum absolute atomic E-state index is 13.0. The highest BCUT2D eigenvalue weighted by Gasteiger charge is 2.36. The Kier molecular flexibility index (Phi) is 3.49. The zero-order chi connectivity index (χ0) is 17.7. The molecule has 2 atom stereocenters. The molecule has 26 heavy (non-hydrogen) atoms. The van der Waals surface area contributed by atoms with E-state index in [0.717, 1.165) is 18.7 Å². The standard InChI is InChI=1S/C17H18N6O3/c1-10-8-23(17(24)13-15-19-5-7-22(15)6-4-18-13)9-12(25-10)16-20-14(21-26-16)11-2-3-11/h4-7,10-12H,2-3,8-9H2,1H3/t10-,12-/m1/s1. The molecule has 1 amide bonds. The van der Waals surface area contributed by atoms with Crippen molar-refractivity contribution in [3.63, 3.8) is 0 Å². The van der Waals surface area contributed by atoms with Gasteiger partial charge in [0.1, 0.15) is 0 Å². The molecule has 1 saturated carbocycles. The number of hydrogen-bond donors (Lipinski definition) is 0. The first kappa shape index (κ1) is 15.4. The van der Waals surface area contributed by atoms with E-state index >= 15 is 0 Å². The lowest BCUT2D eigenvalue weighted by atomic mass is 10.2. The third kappa shape index (κ3) is 2.64. The second kappa shape index (κ2) is 5.87. The minimum absolute atomic E-state index is 0.145. The molecule has 0 N–H and O–H groups in total. The molecule has 3 aromatic heterocycles. The highest BCUT2D eigenvalue weighted by Crippen LogP contribution is 2.39. The molecule has 0 bridgehead atoms. The Labute approximate surface area is 149 Å². The van der Waals surface area contributed by atoms with Crippen molar-refractivity contribution in [2.24, 2.45) is 0 Å². The van der Waals surface area contributed by atoms with Gasteiger partial charge in [0.2, 0.25) is 0 Å². The molecule has 9 heteroatoms. The number of carbonyl (C=O) groups is 1. The average Bonchev–Trinajstić information content (AvgIpc) is 3.19. The van der Waals surface area contributed by atoms with Crippen LogP contribution in [-0.4, -0.2) is 54.5 Å². The van der Waals surface area contributed by atoms with E-state index in [2.05, 4.69) is 20.1 Å².